The Morgan fingerprint density at radius 1 is 1.00 bits per heavy atom. The first-order chi connectivity index (χ1) is 12.6. The second kappa shape index (κ2) is 9.19. The third-order valence-corrected chi connectivity index (χ3v) is 5.38. The molecule has 0 radical (unpaired) electrons. The van der Waals surface area contributed by atoms with Crippen molar-refractivity contribution in [3.8, 4) is 0 Å². The fourth-order valence-corrected chi connectivity index (χ4v) is 3.70. The molecule has 0 atom stereocenters. The molecule has 0 aliphatic rings. The highest BCUT2D eigenvalue weighted by Crippen LogP contribution is 2.23. The summed E-state index contributed by atoms with van der Waals surface area (Å²) >= 11 is 13.9. The maximum atomic E-state index is 8.05. The molecule has 0 bridgehead atoms. The van der Waals surface area contributed by atoms with E-state index in [-0.39, 0.29) is 0 Å². The smallest absolute Gasteiger partial charge is 0.130 e. The second-order valence-electron chi connectivity index (χ2n) is 5.84. The molecule has 1 heterocycles. The lowest BCUT2D eigenvalue weighted by Gasteiger charge is -2.10. The quantitative estimate of drug-likeness (QED) is 0.264. The zero-order chi connectivity index (χ0) is 18.4. The lowest BCUT2D eigenvalue weighted by Crippen LogP contribution is -2.17. The maximum Gasteiger partial charge on any atom is 0.130 e. The van der Waals surface area contributed by atoms with E-state index in [1.807, 2.05) is 47.2 Å². The maximum absolute atomic E-state index is 8.05. The molecule has 0 aliphatic heterocycles. The molecule has 0 fully saturated rings. The number of thiophene rings is 1. The van der Waals surface area contributed by atoms with Crippen LogP contribution in [0.25, 0.3) is 0 Å². The third kappa shape index (κ3) is 5.08. The molecule has 134 valence electrons. The summed E-state index contributed by atoms with van der Waals surface area (Å²) in [4.78, 5) is 0. The molecule has 3 aromatic rings. The summed E-state index contributed by atoms with van der Waals surface area (Å²) in [7, 11) is 0. The zero-order valence-electron chi connectivity index (χ0n) is 14.1. The van der Waals surface area contributed by atoms with E-state index in [9.17, 15) is 0 Å². The summed E-state index contributed by atoms with van der Waals surface area (Å²) in [5.41, 5.74) is 3.99. The van der Waals surface area contributed by atoms with Gasteiger partial charge in [-0.25, -0.2) is 0 Å². The Bertz CT molecular complexity index is 841. The van der Waals surface area contributed by atoms with E-state index in [1.54, 1.807) is 11.3 Å². The zero-order valence-corrected chi connectivity index (χ0v) is 16.4. The van der Waals surface area contributed by atoms with Crippen molar-refractivity contribution in [2.24, 2.45) is 0 Å². The number of hydrogen-bond donors (Lipinski definition) is 3. The number of amidine groups is 1. The van der Waals surface area contributed by atoms with Gasteiger partial charge in [-0.05, 0) is 54.2 Å². The SMILES string of the molecule is N=C(Nc1ccc(CCNCc2c(Cl)cccc2Cl)cc1)c1ccsc1. The summed E-state index contributed by atoms with van der Waals surface area (Å²) in [6.45, 7) is 1.48. The van der Waals surface area contributed by atoms with Gasteiger partial charge >= 0.3 is 0 Å². The molecule has 0 spiro atoms. The van der Waals surface area contributed by atoms with Gasteiger partial charge in [-0.2, -0.15) is 11.3 Å². The van der Waals surface area contributed by atoms with E-state index < -0.39 is 0 Å². The average Bonchev–Trinajstić information content (AvgIpc) is 3.17. The van der Waals surface area contributed by atoms with Crippen LogP contribution in [0.2, 0.25) is 10.0 Å². The average molecular weight is 404 g/mol. The molecule has 2 aromatic carbocycles. The number of nitrogens with one attached hydrogen (secondary N) is 3. The standard InChI is InChI=1S/C20H19Cl2N3S/c21-18-2-1-3-19(22)17(18)12-24-10-8-14-4-6-16(7-5-14)25-20(23)15-9-11-26-13-15/h1-7,9,11,13,24H,8,10,12H2,(H2,23,25). The summed E-state index contributed by atoms with van der Waals surface area (Å²) in [5, 5.41) is 19.9. The van der Waals surface area contributed by atoms with Crippen LogP contribution in [0.15, 0.2) is 59.3 Å². The van der Waals surface area contributed by atoms with Crippen LogP contribution < -0.4 is 10.6 Å². The van der Waals surface area contributed by atoms with Gasteiger partial charge in [-0.15, -0.1) is 0 Å². The molecule has 0 unspecified atom stereocenters. The fourth-order valence-electron chi connectivity index (χ4n) is 2.53. The summed E-state index contributed by atoms with van der Waals surface area (Å²) in [6.07, 6.45) is 0.907. The van der Waals surface area contributed by atoms with E-state index in [0.717, 1.165) is 29.8 Å². The highest BCUT2D eigenvalue weighted by atomic mass is 35.5. The molecule has 0 saturated carbocycles. The lowest BCUT2D eigenvalue weighted by atomic mass is 10.1. The third-order valence-electron chi connectivity index (χ3n) is 3.99. The van der Waals surface area contributed by atoms with Crippen LogP contribution in [-0.2, 0) is 13.0 Å². The predicted octanol–water partition coefficient (Wildman–Crippen LogP) is 5.82. The Morgan fingerprint density at radius 3 is 2.38 bits per heavy atom. The molecule has 3 N–H and O–H groups in total. The van der Waals surface area contributed by atoms with Crippen LogP contribution >= 0.6 is 34.5 Å². The Balaban J connectivity index is 1.46. The monoisotopic (exact) mass is 403 g/mol. The van der Waals surface area contributed by atoms with Gasteiger partial charge in [0.2, 0.25) is 0 Å². The number of rotatable bonds is 7. The van der Waals surface area contributed by atoms with Crippen molar-refractivity contribution in [3.63, 3.8) is 0 Å². The molecule has 1 aromatic heterocycles. The summed E-state index contributed by atoms with van der Waals surface area (Å²) in [6, 6.07) is 15.6. The highest BCUT2D eigenvalue weighted by molar-refractivity contribution is 7.08. The fraction of sp³-hybridized carbons (Fsp3) is 0.150. The predicted molar refractivity (Wildman–Crippen MR) is 113 cm³/mol. The molecule has 6 heteroatoms. The first-order valence-electron chi connectivity index (χ1n) is 8.24. The highest BCUT2D eigenvalue weighted by Gasteiger charge is 2.05. The molecule has 3 rings (SSSR count). The van der Waals surface area contributed by atoms with E-state index >= 15 is 0 Å². The van der Waals surface area contributed by atoms with Gasteiger partial charge in [-0.3, -0.25) is 5.41 Å². The summed E-state index contributed by atoms with van der Waals surface area (Å²) < 4.78 is 0. The number of anilines is 1. The van der Waals surface area contributed by atoms with Crippen molar-refractivity contribution >= 4 is 46.1 Å². The van der Waals surface area contributed by atoms with Crippen molar-refractivity contribution in [1.82, 2.24) is 5.32 Å². The Labute approximate surface area is 167 Å². The largest absolute Gasteiger partial charge is 0.340 e. The van der Waals surface area contributed by atoms with Gasteiger partial charge in [0, 0.05) is 38.8 Å². The van der Waals surface area contributed by atoms with Gasteiger partial charge in [0.1, 0.15) is 5.84 Å². The Kier molecular flexibility index (Phi) is 6.69. The van der Waals surface area contributed by atoms with Crippen molar-refractivity contribution < 1.29 is 0 Å². The molecule has 0 saturated heterocycles. The van der Waals surface area contributed by atoms with Gasteiger partial charge in [0.05, 0.1) is 0 Å². The van der Waals surface area contributed by atoms with Gasteiger partial charge in [0.15, 0.2) is 0 Å². The van der Waals surface area contributed by atoms with Crippen molar-refractivity contribution in [2.45, 2.75) is 13.0 Å². The first-order valence-corrected chi connectivity index (χ1v) is 9.94. The van der Waals surface area contributed by atoms with Gasteiger partial charge in [-0.1, -0.05) is 41.4 Å². The first kappa shape index (κ1) is 18.9. The van der Waals surface area contributed by atoms with Gasteiger partial charge in [0.25, 0.3) is 0 Å². The summed E-state index contributed by atoms with van der Waals surface area (Å²) in [5.74, 6) is 0.414. The van der Waals surface area contributed by atoms with Crippen molar-refractivity contribution in [2.75, 3.05) is 11.9 Å². The topological polar surface area (TPSA) is 47.9 Å². The van der Waals surface area contributed by atoms with Crippen LogP contribution in [0.3, 0.4) is 0 Å². The Morgan fingerprint density at radius 2 is 1.73 bits per heavy atom. The van der Waals surface area contributed by atoms with Crippen molar-refractivity contribution in [1.29, 1.82) is 5.41 Å². The van der Waals surface area contributed by atoms with Crippen LogP contribution in [0, 0.1) is 5.41 Å². The van der Waals surface area contributed by atoms with Gasteiger partial charge < -0.3 is 10.6 Å². The van der Waals surface area contributed by atoms with Crippen LogP contribution in [0.5, 0.6) is 0 Å². The van der Waals surface area contributed by atoms with E-state index in [0.29, 0.717) is 22.4 Å². The molecule has 0 amide bonds. The van der Waals surface area contributed by atoms with E-state index in [2.05, 4.69) is 22.8 Å². The van der Waals surface area contributed by atoms with Crippen molar-refractivity contribution in [3.05, 3.63) is 86.0 Å². The van der Waals surface area contributed by atoms with E-state index in [4.69, 9.17) is 28.6 Å². The number of hydrogen-bond acceptors (Lipinski definition) is 3. The number of benzene rings is 2. The number of halogens is 2. The van der Waals surface area contributed by atoms with Crippen LogP contribution in [-0.4, -0.2) is 12.4 Å². The van der Waals surface area contributed by atoms with Crippen LogP contribution in [0.1, 0.15) is 16.7 Å². The minimum Gasteiger partial charge on any atom is -0.340 e. The molecular formula is C20H19Cl2N3S. The lowest BCUT2D eigenvalue weighted by molar-refractivity contribution is 0.687. The minimum atomic E-state index is 0.414. The minimum absolute atomic E-state index is 0.414. The second-order valence-corrected chi connectivity index (χ2v) is 7.43. The molecule has 26 heavy (non-hydrogen) atoms. The molecule has 0 aliphatic carbocycles. The molecule has 3 nitrogen and oxygen atoms in total. The Hall–Kier alpha value is -1.85. The van der Waals surface area contributed by atoms with Crippen LogP contribution in [0.4, 0.5) is 5.69 Å². The van der Waals surface area contributed by atoms with E-state index in [1.165, 1.54) is 5.56 Å². The normalized spacial score (nSPS) is 10.7. The molecular weight excluding hydrogens is 385 g/mol.